The molecule has 0 spiro atoms. The van der Waals surface area contributed by atoms with Crippen LogP contribution < -0.4 is 0 Å². The maximum atomic E-state index is 2.22. The molecule has 0 aliphatic carbocycles. The molecule has 2 aromatic rings. The summed E-state index contributed by atoms with van der Waals surface area (Å²) < 4.78 is 1.43. The van der Waals surface area contributed by atoms with E-state index >= 15 is 0 Å². The van der Waals surface area contributed by atoms with E-state index in [4.69, 9.17) is 0 Å². The predicted octanol–water partition coefficient (Wildman–Crippen LogP) is 6.26. The van der Waals surface area contributed by atoms with E-state index in [1.807, 2.05) is 46.2 Å². The first kappa shape index (κ1) is 12.6. The minimum atomic E-state index is 1.37. The number of hydrogen-bond donors (Lipinski definition) is 0. The van der Waals surface area contributed by atoms with Gasteiger partial charge in [0.25, 0.3) is 0 Å². The van der Waals surface area contributed by atoms with Crippen LogP contribution in [0.4, 0.5) is 0 Å². The van der Waals surface area contributed by atoms with Crippen molar-refractivity contribution in [3.63, 3.8) is 0 Å². The third kappa shape index (κ3) is 2.35. The highest BCUT2D eigenvalue weighted by Gasteiger charge is 2.21. The Hall–Kier alpha value is -0.420. The van der Waals surface area contributed by atoms with Gasteiger partial charge in [0.2, 0.25) is 0 Å². The van der Waals surface area contributed by atoms with Crippen LogP contribution in [0.3, 0.4) is 0 Å². The van der Waals surface area contributed by atoms with Gasteiger partial charge in [0, 0.05) is 15.3 Å². The van der Waals surface area contributed by atoms with Crippen molar-refractivity contribution in [1.82, 2.24) is 0 Å². The Bertz CT molecular complexity index is 548. The molecule has 0 saturated carbocycles. The van der Waals surface area contributed by atoms with Gasteiger partial charge < -0.3 is 0 Å². The first-order chi connectivity index (χ1) is 8.75. The van der Waals surface area contributed by atoms with E-state index in [0.29, 0.717) is 0 Å². The fraction of sp³-hybridized carbons (Fsp3) is 0.143. The fourth-order valence-corrected chi connectivity index (χ4v) is 6.27. The number of allylic oxidation sites excluding steroid dienone is 2. The molecule has 0 N–H and O–H groups in total. The van der Waals surface area contributed by atoms with Crippen LogP contribution >= 0.6 is 46.2 Å². The van der Waals surface area contributed by atoms with E-state index in [1.54, 1.807) is 0 Å². The van der Waals surface area contributed by atoms with E-state index in [9.17, 15) is 0 Å². The second kappa shape index (κ2) is 5.29. The summed E-state index contributed by atoms with van der Waals surface area (Å²) in [5.41, 5.74) is 1.41. The number of thiophene rings is 2. The Morgan fingerprint density at radius 2 is 1.33 bits per heavy atom. The summed E-state index contributed by atoms with van der Waals surface area (Å²) in [6.07, 6.45) is 0. The van der Waals surface area contributed by atoms with Gasteiger partial charge in [0.1, 0.15) is 0 Å². The molecule has 0 fully saturated rings. The highest BCUT2D eigenvalue weighted by molar-refractivity contribution is 8.28. The van der Waals surface area contributed by atoms with Crippen LogP contribution in [0.15, 0.2) is 49.1 Å². The van der Waals surface area contributed by atoms with Crippen molar-refractivity contribution in [1.29, 1.82) is 0 Å². The maximum Gasteiger partial charge on any atom is 0.0593 e. The van der Waals surface area contributed by atoms with Gasteiger partial charge in [-0.2, -0.15) is 0 Å². The molecule has 0 bridgehead atoms. The number of hydrogen-bond acceptors (Lipinski definition) is 4. The lowest BCUT2D eigenvalue weighted by Crippen LogP contribution is -1.82. The molecule has 92 valence electrons. The van der Waals surface area contributed by atoms with Gasteiger partial charge in [-0.1, -0.05) is 35.7 Å². The smallest absolute Gasteiger partial charge is 0.0593 e. The van der Waals surface area contributed by atoms with Gasteiger partial charge in [0.15, 0.2) is 0 Å². The molecule has 0 amide bonds. The highest BCUT2D eigenvalue weighted by Crippen LogP contribution is 2.53. The highest BCUT2D eigenvalue weighted by atomic mass is 32.2. The molecule has 3 rings (SSSR count). The third-order valence-corrected chi connectivity index (χ3v) is 7.13. The molecule has 0 nitrogen and oxygen atoms in total. The van der Waals surface area contributed by atoms with E-state index in [2.05, 4.69) is 48.9 Å². The van der Waals surface area contributed by atoms with Gasteiger partial charge in [-0.25, -0.2) is 0 Å². The Kier molecular flexibility index (Phi) is 3.71. The minimum absolute atomic E-state index is 1.37. The zero-order valence-electron chi connectivity index (χ0n) is 10.1. The fourth-order valence-electron chi connectivity index (χ4n) is 1.71. The second-order valence-electron chi connectivity index (χ2n) is 3.93. The van der Waals surface area contributed by atoms with Crippen molar-refractivity contribution < 1.29 is 0 Å². The van der Waals surface area contributed by atoms with Crippen molar-refractivity contribution in [3.8, 4) is 0 Å². The average molecular weight is 309 g/mol. The summed E-state index contributed by atoms with van der Waals surface area (Å²) in [6, 6.07) is 8.70. The van der Waals surface area contributed by atoms with Gasteiger partial charge in [-0.3, -0.25) is 0 Å². The molecular weight excluding hydrogens is 296 g/mol. The molecule has 1 aliphatic rings. The summed E-state index contributed by atoms with van der Waals surface area (Å²) >= 11 is 7.47. The lowest BCUT2D eigenvalue weighted by molar-refractivity contribution is 1.57. The summed E-state index contributed by atoms with van der Waals surface area (Å²) in [5, 5.41) is 4.31. The zero-order chi connectivity index (χ0) is 12.5. The van der Waals surface area contributed by atoms with Crippen LogP contribution in [0.25, 0.3) is 5.57 Å². The summed E-state index contributed by atoms with van der Waals surface area (Å²) in [6.45, 7) is 4.42. The van der Waals surface area contributed by atoms with E-state index in [-0.39, 0.29) is 0 Å². The van der Waals surface area contributed by atoms with E-state index in [1.165, 1.54) is 29.4 Å². The van der Waals surface area contributed by atoms with E-state index < -0.39 is 0 Å². The van der Waals surface area contributed by atoms with Crippen LogP contribution in [0.5, 0.6) is 0 Å². The van der Waals surface area contributed by atoms with Crippen molar-refractivity contribution in [2.24, 2.45) is 0 Å². The Labute approximate surface area is 124 Å². The van der Waals surface area contributed by atoms with Crippen LogP contribution in [-0.2, 0) is 0 Å². The molecule has 3 heterocycles. The molecule has 0 aromatic carbocycles. The zero-order valence-corrected chi connectivity index (χ0v) is 13.4. The standard InChI is InChI=1S/C14H12S4/c1-9-10(2)18-14(17-9)13(11-5-3-7-15-11)12-6-4-8-16-12/h3-8H,1-2H3. The monoisotopic (exact) mass is 308 g/mol. The van der Waals surface area contributed by atoms with Crippen molar-refractivity contribution >= 4 is 51.8 Å². The SMILES string of the molecule is CC1=C(C)SC(=C(c2cccs2)c2cccs2)S1. The van der Waals surface area contributed by atoms with E-state index in [0.717, 1.165) is 0 Å². The van der Waals surface area contributed by atoms with Crippen molar-refractivity contribution in [3.05, 3.63) is 58.8 Å². The lowest BCUT2D eigenvalue weighted by atomic mass is 10.2. The Balaban J connectivity index is 2.11. The maximum absolute atomic E-state index is 2.22. The third-order valence-electron chi connectivity index (χ3n) is 2.73. The Morgan fingerprint density at radius 3 is 1.72 bits per heavy atom. The molecule has 0 saturated heterocycles. The summed E-state index contributed by atoms with van der Waals surface area (Å²) in [4.78, 5) is 5.60. The average Bonchev–Trinajstić information content (AvgIpc) is 3.04. The van der Waals surface area contributed by atoms with Gasteiger partial charge >= 0.3 is 0 Å². The minimum Gasteiger partial charge on any atom is -0.144 e. The normalized spacial score (nSPS) is 15.6. The van der Waals surface area contributed by atoms with Crippen LogP contribution in [-0.4, -0.2) is 0 Å². The van der Waals surface area contributed by atoms with Crippen molar-refractivity contribution in [2.75, 3.05) is 0 Å². The number of thioether (sulfide) groups is 2. The molecule has 0 radical (unpaired) electrons. The first-order valence-corrected chi connectivity index (χ1v) is 9.00. The van der Waals surface area contributed by atoms with Crippen LogP contribution in [0, 0.1) is 0 Å². The molecule has 0 atom stereocenters. The molecule has 0 unspecified atom stereocenters. The molecular formula is C14H12S4. The molecule has 1 aliphatic heterocycles. The lowest BCUT2D eigenvalue weighted by Gasteiger charge is -2.07. The largest absolute Gasteiger partial charge is 0.144 e. The number of rotatable bonds is 2. The van der Waals surface area contributed by atoms with Crippen LogP contribution in [0.1, 0.15) is 23.6 Å². The van der Waals surface area contributed by atoms with Crippen LogP contribution in [0.2, 0.25) is 0 Å². The molecule has 2 aromatic heterocycles. The predicted molar refractivity (Wildman–Crippen MR) is 88.2 cm³/mol. The quantitative estimate of drug-likeness (QED) is 0.642. The summed E-state index contributed by atoms with van der Waals surface area (Å²) in [5.74, 6) is 0. The van der Waals surface area contributed by atoms with Gasteiger partial charge in [0.05, 0.1) is 4.24 Å². The van der Waals surface area contributed by atoms with Gasteiger partial charge in [-0.05, 0) is 46.6 Å². The molecule has 18 heavy (non-hydrogen) atoms. The Morgan fingerprint density at radius 1 is 0.833 bits per heavy atom. The first-order valence-electron chi connectivity index (χ1n) is 5.61. The summed E-state index contributed by atoms with van der Waals surface area (Å²) in [7, 11) is 0. The van der Waals surface area contributed by atoms with Crippen molar-refractivity contribution in [2.45, 2.75) is 13.8 Å². The topological polar surface area (TPSA) is 0 Å². The van der Waals surface area contributed by atoms with Gasteiger partial charge in [-0.15, -0.1) is 22.7 Å². The second-order valence-corrected chi connectivity index (χ2v) is 8.54. The molecule has 4 heteroatoms.